The van der Waals surface area contributed by atoms with Gasteiger partial charge in [-0.3, -0.25) is 4.79 Å². The van der Waals surface area contributed by atoms with Crippen molar-refractivity contribution in [1.82, 2.24) is 0 Å². The number of hydrogen-bond acceptors (Lipinski definition) is 1. The number of primary amides is 1. The molecule has 1 atom stereocenters. The van der Waals surface area contributed by atoms with E-state index in [9.17, 15) is 4.79 Å². The molecule has 1 amide bonds. The molecule has 0 radical (unpaired) electrons. The SMILES string of the molecule is NC(=O)CCC(Cl)Cc1ccccc1. The monoisotopic (exact) mass is 211 g/mol. The van der Waals surface area contributed by atoms with Crippen LogP contribution in [0.1, 0.15) is 18.4 Å². The van der Waals surface area contributed by atoms with Gasteiger partial charge in [-0.2, -0.15) is 0 Å². The molecular formula is C11H14ClNO. The quantitative estimate of drug-likeness (QED) is 0.745. The van der Waals surface area contributed by atoms with Crippen molar-refractivity contribution in [2.75, 3.05) is 0 Å². The lowest BCUT2D eigenvalue weighted by atomic mass is 10.1. The third kappa shape index (κ3) is 4.28. The first kappa shape index (κ1) is 11.1. The molecular weight excluding hydrogens is 198 g/mol. The number of nitrogens with two attached hydrogens (primary N) is 1. The van der Waals surface area contributed by atoms with Crippen LogP contribution in [-0.4, -0.2) is 11.3 Å². The zero-order valence-corrected chi connectivity index (χ0v) is 8.70. The molecule has 0 fully saturated rings. The Bertz CT molecular complexity index is 287. The summed E-state index contributed by atoms with van der Waals surface area (Å²) in [4.78, 5) is 10.5. The van der Waals surface area contributed by atoms with Gasteiger partial charge in [0, 0.05) is 11.8 Å². The summed E-state index contributed by atoms with van der Waals surface area (Å²) in [5, 5.41) is -0.00935. The summed E-state index contributed by atoms with van der Waals surface area (Å²) in [6.07, 6.45) is 1.79. The molecule has 3 heteroatoms. The zero-order valence-electron chi connectivity index (χ0n) is 7.95. The highest BCUT2D eigenvalue weighted by molar-refractivity contribution is 6.20. The van der Waals surface area contributed by atoms with Gasteiger partial charge in [0.15, 0.2) is 0 Å². The minimum Gasteiger partial charge on any atom is -0.370 e. The van der Waals surface area contributed by atoms with Gasteiger partial charge in [-0.15, -0.1) is 11.6 Å². The van der Waals surface area contributed by atoms with Crippen LogP contribution < -0.4 is 5.73 Å². The molecule has 14 heavy (non-hydrogen) atoms. The first-order valence-electron chi connectivity index (χ1n) is 4.65. The van der Waals surface area contributed by atoms with E-state index in [2.05, 4.69) is 0 Å². The van der Waals surface area contributed by atoms with Crippen molar-refractivity contribution in [2.45, 2.75) is 24.6 Å². The Kier molecular flexibility index (Phi) is 4.47. The average molecular weight is 212 g/mol. The average Bonchev–Trinajstić information content (AvgIpc) is 2.16. The van der Waals surface area contributed by atoms with E-state index in [0.29, 0.717) is 12.8 Å². The highest BCUT2D eigenvalue weighted by Crippen LogP contribution is 2.12. The minimum absolute atomic E-state index is 0.00935. The first-order valence-corrected chi connectivity index (χ1v) is 5.08. The molecule has 0 aliphatic heterocycles. The van der Waals surface area contributed by atoms with Crippen molar-refractivity contribution in [3.63, 3.8) is 0 Å². The van der Waals surface area contributed by atoms with E-state index in [1.807, 2.05) is 30.3 Å². The van der Waals surface area contributed by atoms with Crippen LogP contribution in [-0.2, 0) is 11.2 Å². The van der Waals surface area contributed by atoms with Gasteiger partial charge < -0.3 is 5.73 Å². The molecule has 1 unspecified atom stereocenters. The fraction of sp³-hybridized carbons (Fsp3) is 0.364. The van der Waals surface area contributed by atoms with Gasteiger partial charge in [-0.1, -0.05) is 30.3 Å². The number of alkyl halides is 1. The maximum atomic E-state index is 10.5. The number of carbonyl (C=O) groups excluding carboxylic acids is 1. The van der Waals surface area contributed by atoms with Crippen LogP contribution >= 0.6 is 11.6 Å². The molecule has 0 aliphatic carbocycles. The first-order chi connectivity index (χ1) is 6.68. The van der Waals surface area contributed by atoms with Gasteiger partial charge >= 0.3 is 0 Å². The van der Waals surface area contributed by atoms with Crippen molar-refractivity contribution >= 4 is 17.5 Å². The van der Waals surface area contributed by atoms with Crippen molar-refractivity contribution in [3.05, 3.63) is 35.9 Å². The lowest BCUT2D eigenvalue weighted by Gasteiger charge is -2.07. The van der Waals surface area contributed by atoms with Crippen LogP contribution in [0.2, 0.25) is 0 Å². The summed E-state index contributed by atoms with van der Waals surface area (Å²) in [5.41, 5.74) is 6.23. The molecule has 76 valence electrons. The largest absolute Gasteiger partial charge is 0.370 e. The number of hydrogen-bond donors (Lipinski definition) is 1. The third-order valence-corrected chi connectivity index (χ3v) is 2.38. The molecule has 2 N–H and O–H groups in total. The van der Waals surface area contributed by atoms with Gasteiger partial charge in [-0.05, 0) is 18.4 Å². The van der Waals surface area contributed by atoms with Crippen LogP contribution in [0.4, 0.5) is 0 Å². The van der Waals surface area contributed by atoms with Gasteiger partial charge in [0.25, 0.3) is 0 Å². The van der Waals surface area contributed by atoms with Gasteiger partial charge in [0.05, 0.1) is 0 Å². The number of halogens is 1. The summed E-state index contributed by atoms with van der Waals surface area (Å²) < 4.78 is 0. The predicted octanol–water partition coefficient (Wildman–Crippen LogP) is 2.10. The summed E-state index contributed by atoms with van der Waals surface area (Å²) in [6, 6.07) is 9.98. The van der Waals surface area contributed by atoms with Crippen molar-refractivity contribution in [2.24, 2.45) is 5.73 Å². The van der Waals surface area contributed by atoms with Crippen LogP contribution in [0.25, 0.3) is 0 Å². The van der Waals surface area contributed by atoms with Crippen LogP contribution in [0.5, 0.6) is 0 Å². The van der Waals surface area contributed by atoms with Crippen LogP contribution in [0.3, 0.4) is 0 Å². The summed E-state index contributed by atoms with van der Waals surface area (Å²) in [6.45, 7) is 0. The smallest absolute Gasteiger partial charge is 0.217 e. The number of benzene rings is 1. The highest BCUT2D eigenvalue weighted by Gasteiger charge is 2.07. The van der Waals surface area contributed by atoms with Crippen molar-refractivity contribution < 1.29 is 4.79 Å². The molecule has 0 saturated heterocycles. The van der Waals surface area contributed by atoms with Crippen LogP contribution in [0, 0.1) is 0 Å². The second-order valence-electron chi connectivity index (χ2n) is 3.29. The standard InChI is InChI=1S/C11H14ClNO/c12-10(6-7-11(13)14)8-9-4-2-1-3-5-9/h1-5,10H,6-8H2,(H2,13,14). The lowest BCUT2D eigenvalue weighted by molar-refractivity contribution is -0.118. The minimum atomic E-state index is -0.288. The third-order valence-electron chi connectivity index (χ3n) is 2.00. The van der Waals surface area contributed by atoms with E-state index in [1.54, 1.807) is 0 Å². The zero-order chi connectivity index (χ0) is 10.4. The molecule has 1 rings (SSSR count). The summed E-state index contributed by atoms with van der Waals surface area (Å²) in [5.74, 6) is -0.288. The Morgan fingerprint density at radius 3 is 2.57 bits per heavy atom. The molecule has 1 aromatic carbocycles. The van der Waals surface area contributed by atoms with E-state index >= 15 is 0 Å². The Morgan fingerprint density at radius 1 is 1.36 bits per heavy atom. The molecule has 0 aliphatic rings. The number of rotatable bonds is 5. The molecule has 0 spiro atoms. The van der Waals surface area contributed by atoms with Gasteiger partial charge in [-0.25, -0.2) is 0 Å². The molecule has 0 bridgehead atoms. The Balaban J connectivity index is 2.34. The number of amides is 1. The molecule has 0 saturated carbocycles. The fourth-order valence-corrected chi connectivity index (χ4v) is 1.56. The molecule has 1 aromatic rings. The maximum absolute atomic E-state index is 10.5. The van der Waals surface area contributed by atoms with Gasteiger partial charge in [0.1, 0.15) is 0 Å². The van der Waals surface area contributed by atoms with E-state index in [0.717, 1.165) is 6.42 Å². The van der Waals surface area contributed by atoms with Crippen molar-refractivity contribution in [1.29, 1.82) is 0 Å². The normalized spacial score (nSPS) is 12.4. The fourth-order valence-electron chi connectivity index (χ4n) is 1.27. The second-order valence-corrected chi connectivity index (χ2v) is 3.91. The van der Waals surface area contributed by atoms with Crippen molar-refractivity contribution in [3.8, 4) is 0 Å². The summed E-state index contributed by atoms with van der Waals surface area (Å²) in [7, 11) is 0. The highest BCUT2D eigenvalue weighted by atomic mass is 35.5. The van der Waals surface area contributed by atoms with Crippen LogP contribution in [0.15, 0.2) is 30.3 Å². The molecule has 0 heterocycles. The predicted molar refractivity (Wildman–Crippen MR) is 58.2 cm³/mol. The van der Waals surface area contributed by atoms with Gasteiger partial charge in [0.2, 0.25) is 5.91 Å². The summed E-state index contributed by atoms with van der Waals surface area (Å²) >= 11 is 6.05. The molecule has 2 nitrogen and oxygen atoms in total. The Hall–Kier alpha value is -1.02. The second kappa shape index (κ2) is 5.66. The Labute approximate surface area is 89.1 Å². The lowest BCUT2D eigenvalue weighted by Crippen LogP contribution is -2.13. The van der Waals surface area contributed by atoms with E-state index < -0.39 is 0 Å². The van der Waals surface area contributed by atoms with E-state index in [4.69, 9.17) is 17.3 Å². The maximum Gasteiger partial charge on any atom is 0.217 e. The topological polar surface area (TPSA) is 43.1 Å². The molecule has 0 aromatic heterocycles. The number of carbonyl (C=O) groups is 1. The Morgan fingerprint density at radius 2 is 2.00 bits per heavy atom. The van der Waals surface area contributed by atoms with E-state index in [1.165, 1.54) is 5.56 Å². The van der Waals surface area contributed by atoms with E-state index in [-0.39, 0.29) is 11.3 Å².